The molecule has 1 aromatic heterocycles. The van der Waals surface area contributed by atoms with Crippen LogP contribution in [-0.4, -0.2) is 100 Å². The highest BCUT2D eigenvalue weighted by Gasteiger charge is 2.38. The van der Waals surface area contributed by atoms with Crippen molar-refractivity contribution in [1.29, 1.82) is 0 Å². The van der Waals surface area contributed by atoms with Gasteiger partial charge >= 0.3 is 11.9 Å². The Morgan fingerprint density at radius 1 is 0.925 bits per heavy atom. The van der Waals surface area contributed by atoms with Crippen molar-refractivity contribution in [3.05, 3.63) is 41.1 Å². The molecule has 4 rings (SSSR count). The summed E-state index contributed by atoms with van der Waals surface area (Å²) >= 11 is 0. The van der Waals surface area contributed by atoms with Crippen molar-refractivity contribution >= 4 is 17.7 Å². The minimum absolute atomic E-state index is 0.0885. The predicted molar refractivity (Wildman–Crippen MR) is 141 cm³/mol. The maximum Gasteiger partial charge on any atom is 0.335 e. The molecule has 2 heterocycles. The number of methoxy groups -OCH3 is 3. The molecule has 0 spiro atoms. The number of carbonyl (C=O) groups is 2. The number of carboxylic acids is 2. The van der Waals surface area contributed by atoms with E-state index in [0.717, 1.165) is 35.2 Å². The molecule has 1 aliphatic carbocycles. The first-order valence-corrected chi connectivity index (χ1v) is 12.6. The van der Waals surface area contributed by atoms with Gasteiger partial charge in [0.1, 0.15) is 5.75 Å². The average Bonchev–Trinajstić information content (AvgIpc) is 2.95. The zero-order valence-electron chi connectivity index (χ0n) is 22.6. The molecular weight excluding hydrogens is 528 g/mol. The third kappa shape index (κ3) is 6.61. The van der Waals surface area contributed by atoms with E-state index in [0.29, 0.717) is 36.2 Å². The smallest absolute Gasteiger partial charge is 0.335 e. The minimum Gasteiger partial charge on any atom is -0.496 e. The van der Waals surface area contributed by atoms with Crippen molar-refractivity contribution in [2.24, 2.45) is 4.99 Å². The van der Waals surface area contributed by atoms with E-state index in [1.165, 1.54) is 0 Å². The molecule has 0 unspecified atom stereocenters. The number of aliphatic hydroxyl groups excluding tert-OH is 3. The summed E-state index contributed by atoms with van der Waals surface area (Å²) in [6, 6.07) is 5.87. The van der Waals surface area contributed by atoms with Gasteiger partial charge in [-0.1, -0.05) is 0 Å². The van der Waals surface area contributed by atoms with Crippen molar-refractivity contribution < 1.29 is 54.1 Å². The van der Waals surface area contributed by atoms with E-state index in [4.69, 9.17) is 44.4 Å². The van der Waals surface area contributed by atoms with Crippen LogP contribution in [0.2, 0.25) is 0 Å². The number of nitrogens with zero attached hydrogens (tertiary/aromatic N) is 2. The minimum atomic E-state index is -2.27. The Labute approximate surface area is 230 Å². The lowest BCUT2D eigenvalue weighted by Crippen LogP contribution is -2.39. The van der Waals surface area contributed by atoms with E-state index in [1.807, 2.05) is 19.1 Å². The van der Waals surface area contributed by atoms with Crippen LogP contribution in [0.25, 0.3) is 0 Å². The summed E-state index contributed by atoms with van der Waals surface area (Å²) in [4.78, 5) is 29.0. The van der Waals surface area contributed by atoms with Crippen LogP contribution in [0.3, 0.4) is 0 Å². The topological polar surface area (TPSA) is 197 Å². The summed E-state index contributed by atoms with van der Waals surface area (Å²) in [7, 11) is 4.83. The monoisotopic (exact) mass is 562 g/mol. The van der Waals surface area contributed by atoms with E-state index in [9.17, 15) is 14.7 Å². The Morgan fingerprint density at radius 3 is 2.12 bits per heavy atom. The van der Waals surface area contributed by atoms with Gasteiger partial charge in [-0.2, -0.15) is 0 Å². The van der Waals surface area contributed by atoms with E-state index >= 15 is 0 Å². The fraction of sp³-hybridized carbons (Fsp3) is 0.481. The molecule has 5 N–H and O–H groups in total. The van der Waals surface area contributed by atoms with Crippen molar-refractivity contribution in [3.8, 4) is 23.1 Å². The molecule has 2 aliphatic rings. The van der Waals surface area contributed by atoms with Crippen LogP contribution >= 0.6 is 0 Å². The number of carboxylic acid groups (broad SMARTS) is 2. The second-order valence-electron chi connectivity index (χ2n) is 9.13. The first kappa shape index (κ1) is 30.6. The number of aromatic nitrogens is 1. The lowest BCUT2D eigenvalue weighted by atomic mass is 9.74. The lowest BCUT2D eigenvalue weighted by Gasteiger charge is -2.37. The highest BCUT2D eigenvalue weighted by atomic mass is 16.5. The zero-order chi connectivity index (χ0) is 29.6. The third-order valence-electron chi connectivity index (χ3n) is 6.70. The SMILES string of the molecule is CCOc1cc2c(cc1OC)C(c1cnc(OC)cc1OC)=N[C@@H]1CC[C@@H](O)C[C@H]21.O=C(O)[C@H](O)[C@@H](O)C(=O)O. The van der Waals surface area contributed by atoms with Crippen molar-refractivity contribution in [2.45, 2.75) is 56.5 Å². The highest BCUT2D eigenvalue weighted by molar-refractivity contribution is 6.16. The van der Waals surface area contributed by atoms with Crippen LogP contribution in [-0.2, 0) is 9.59 Å². The summed E-state index contributed by atoms with van der Waals surface area (Å²) in [6.45, 7) is 2.50. The lowest BCUT2D eigenvalue weighted by molar-refractivity contribution is -0.165. The molecule has 1 fully saturated rings. The summed E-state index contributed by atoms with van der Waals surface area (Å²) in [5, 5.41) is 42.8. The van der Waals surface area contributed by atoms with Crippen molar-refractivity contribution in [2.75, 3.05) is 27.9 Å². The number of hydrogen-bond donors (Lipinski definition) is 5. The van der Waals surface area contributed by atoms with Gasteiger partial charge < -0.3 is 44.5 Å². The van der Waals surface area contributed by atoms with Gasteiger partial charge in [0.15, 0.2) is 23.7 Å². The first-order chi connectivity index (χ1) is 19.1. The van der Waals surface area contributed by atoms with E-state index in [1.54, 1.807) is 33.6 Å². The number of aliphatic imine (C=N–C) groups is 1. The molecular formula is C27H34N2O11. The van der Waals surface area contributed by atoms with Crippen LogP contribution in [0.1, 0.15) is 48.8 Å². The Kier molecular flexibility index (Phi) is 10.3. The van der Waals surface area contributed by atoms with Gasteiger partial charge in [-0.3, -0.25) is 4.99 Å². The number of ether oxygens (including phenoxy) is 4. The van der Waals surface area contributed by atoms with Gasteiger partial charge in [0, 0.05) is 23.7 Å². The molecule has 5 atom stereocenters. The van der Waals surface area contributed by atoms with Crippen LogP contribution < -0.4 is 18.9 Å². The van der Waals surface area contributed by atoms with Crippen LogP contribution in [0.5, 0.6) is 23.1 Å². The second-order valence-corrected chi connectivity index (χ2v) is 9.13. The molecule has 1 aromatic carbocycles. The molecule has 2 aromatic rings. The zero-order valence-corrected chi connectivity index (χ0v) is 22.6. The summed E-state index contributed by atoms with van der Waals surface area (Å²) in [5.74, 6) is -0.916. The van der Waals surface area contributed by atoms with Crippen LogP contribution in [0, 0.1) is 0 Å². The molecule has 1 saturated carbocycles. The quantitative estimate of drug-likeness (QED) is 0.293. The molecule has 0 amide bonds. The Morgan fingerprint density at radius 2 is 1.57 bits per heavy atom. The third-order valence-corrected chi connectivity index (χ3v) is 6.70. The second kappa shape index (κ2) is 13.4. The number of fused-ring (bicyclic) bond motifs is 3. The molecule has 0 radical (unpaired) electrons. The van der Waals surface area contributed by atoms with Gasteiger partial charge in [-0.15, -0.1) is 0 Å². The van der Waals surface area contributed by atoms with Gasteiger partial charge in [-0.25, -0.2) is 14.6 Å². The molecule has 218 valence electrons. The molecule has 0 saturated heterocycles. The molecule has 1 aliphatic heterocycles. The molecule has 13 nitrogen and oxygen atoms in total. The number of rotatable bonds is 9. The van der Waals surface area contributed by atoms with E-state index in [2.05, 4.69) is 4.98 Å². The largest absolute Gasteiger partial charge is 0.496 e. The number of aliphatic carboxylic acids is 2. The predicted octanol–water partition coefficient (Wildman–Crippen LogP) is 1.23. The maximum atomic E-state index is 10.3. The Balaban J connectivity index is 0.000000378. The van der Waals surface area contributed by atoms with Gasteiger partial charge in [0.2, 0.25) is 5.88 Å². The molecule has 0 bridgehead atoms. The van der Waals surface area contributed by atoms with E-state index < -0.39 is 24.1 Å². The average molecular weight is 563 g/mol. The fourth-order valence-corrected chi connectivity index (χ4v) is 4.73. The number of pyridine rings is 1. The maximum absolute atomic E-state index is 10.3. The van der Waals surface area contributed by atoms with E-state index in [-0.39, 0.29) is 18.1 Å². The van der Waals surface area contributed by atoms with Crippen molar-refractivity contribution in [1.82, 2.24) is 4.98 Å². The highest BCUT2D eigenvalue weighted by Crippen LogP contribution is 2.45. The first-order valence-electron chi connectivity index (χ1n) is 12.6. The Bertz CT molecular complexity index is 1230. The summed E-state index contributed by atoms with van der Waals surface area (Å²) in [6.07, 6.45) is -0.845. The van der Waals surface area contributed by atoms with Gasteiger partial charge in [0.25, 0.3) is 0 Å². The van der Waals surface area contributed by atoms with Gasteiger partial charge in [-0.05, 0) is 43.9 Å². The van der Waals surface area contributed by atoms with Gasteiger partial charge in [0.05, 0.1) is 51.4 Å². The normalized spacial score (nSPS) is 20.8. The number of benzene rings is 1. The van der Waals surface area contributed by atoms with Crippen LogP contribution in [0.15, 0.2) is 29.4 Å². The summed E-state index contributed by atoms with van der Waals surface area (Å²) in [5.41, 5.74) is 3.69. The van der Waals surface area contributed by atoms with Crippen LogP contribution in [0.4, 0.5) is 0 Å². The molecule has 40 heavy (non-hydrogen) atoms. The summed E-state index contributed by atoms with van der Waals surface area (Å²) < 4.78 is 22.3. The Hall–Kier alpha value is -3.94. The number of aliphatic hydroxyl groups is 3. The fourth-order valence-electron chi connectivity index (χ4n) is 4.73. The number of hydrogen-bond acceptors (Lipinski definition) is 11. The van der Waals surface area contributed by atoms with Crippen molar-refractivity contribution in [3.63, 3.8) is 0 Å². The molecule has 13 heteroatoms. The standard InChI is InChI=1S/C23H28N2O5.C4H6O6/c1-5-30-21-9-14-15-8-13(26)6-7-18(15)25-23(16(14)10-20(21)28-3)17-12-24-22(29-4)11-19(17)27-2;5-1(3(7)8)2(6)4(9)10/h9-13,15,18,26H,5-8H2,1-4H3;1-2,5-6H,(H,7,8)(H,9,10)/t13-,15-,18-;1-,2-/m11/s1.